The van der Waals surface area contributed by atoms with Crippen LogP contribution in [0.3, 0.4) is 0 Å². The molecule has 0 saturated heterocycles. The normalized spacial score (nSPS) is 9.81. The van der Waals surface area contributed by atoms with Gasteiger partial charge in [0.1, 0.15) is 0 Å². The molecule has 0 spiro atoms. The standard InChI is InChI=1S/C10H10O3.C8H18O5/c1-8(2)10(11)13-12-9-6-4-3-5-7-9;9-1-3-11-5-7-13-8-6-12-4-2-10/h3-7H,1H2,2H3;9-10H,1-8H2. The third-order valence-electron chi connectivity index (χ3n) is 2.52. The van der Waals surface area contributed by atoms with Crippen molar-refractivity contribution in [3.8, 4) is 5.75 Å². The minimum Gasteiger partial charge on any atom is -0.394 e. The highest BCUT2D eigenvalue weighted by Crippen LogP contribution is 2.09. The lowest BCUT2D eigenvalue weighted by Crippen LogP contribution is -2.11. The molecule has 8 heteroatoms. The largest absolute Gasteiger partial charge is 0.394 e. The summed E-state index contributed by atoms with van der Waals surface area (Å²) in [4.78, 5) is 20.0. The molecule has 1 aromatic carbocycles. The number of ether oxygens (including phenoxy) is 3. The van der Waals surface area contributed by atoms with E-state index in [-0.39, 0.29) is 13.2 Å². The monoisotopic (exact) mass is 372 g/mol. The first kappa shape index (κ1) is 24.0. The van der Waals surface area contributed by atoms with E-state index >= 15 is 0 Å². The molecular formula is C18H28O8. The summed E-state index contributed by atoms with van der Waals surface area (Å²) in [7, 11) is 0. The predicted octanol–water partition coefficient (Wildman–Crippen LogP) is 1.12. The molecule has 0 radical (unpaired) electrons. The Bertz CT molecular complexity index is 454. The molecule has 8 nitrogen and oxygen atoms in total. The van der Waals surface area contributed by atoms with Crippen LogP contribution in [0.25, 0.3) is 0 Å². The van der Waals surface area contributed by atoms with Gasteiger partial charge in [0.15, 0.2) is 5.75 Å². The van der Waals surface area contributed by atoms with E-state index in [1.807, 2.05) is 6.07 Å². The van der Waals surface area contributed by atoms with Gasteiger partial charge in [-0.3, -0.25) is 4.89 Å². The lowest BCUT2D eigenvalue weighted by molar-refractivity contribution is -0.208. The molecule has 2 N–H and O–H groups in total. The second-order valence-corrected chi connectivity index (χ2v) is 4.83. The van der Waals surface area contributed by atoms with Gasteiger partial charge in [0.25, 0.3) is 0 Å². The van der Waals surface area contributed by atoms with Crippen molar-refractivity contribution in [1.82, 2.24) is 0 Å². The quantitative estimate of drug-likeness (QED) is 0.230. The van der Waals surface area contributed by atoms with Crippen LogP contribution in [-0.2, 0) is 23.9 Å². The van der Waals surface area contributed by atoms with Crippen LogP contribution >= 0.6 is 0 Å². The third kappa shape index (κ3) is 15.6. The number of rotatable bonds is 13. The summed E-state index contributed by atoms with van der Waals surface area (Å²) in [5.41, 5.74) is 0.302. The summed E-state index contributed by atoms with van der Waals surface area (Å²) in [6.07, 6.45) is 0. The molecule has 0 atom stereocenters. The molecular weight excluding hydrogens is 344 g/mol. The summed E-state index contributed by atoms with van der Waals surface area (Å²) in [5, 5.41) is 16.7. The van der Waals surface area contributed by atoms with Gasteiger partial charge in [0.05, 0.1) is 52.9 Å². The molecule has 0 unspecified atom stereocenters. The van der Waals surface area contributed by atoms with E-state index in [9.17, 15) is 4.79 Å². The van der Waals surface area contributed by atoms with Gasteiger partial charge in [-0.1, -0.05) is 24.8 Å². The molecule has 0 aliphatic carbocycles. The first-order valence-corrected chi connectivity index (χ1v) is 8.16. The van der Waals surface area contributed by atoms with Crippen molar-refractivity contribution in [1.29, 1.82) is 0 Å². The molecule has 0 saturated carbocycles. The van der Waals surface area contributed by atoms with E-state index in [1.165, 1.54) is 0 Å². The fourth-order valence-corrected chi connectivity index (χ4v) is 1.30. The smallest absolute Gasteiger partial charge is 0.381 e. The summed E-state index contributed by atoms with van der Waals surface area (Å²) in [5.74, 6) is -0.0825. The summed E-state index contributed by atoms with van der Waals surface area (Å²) in [6, 6.07) is 8.78. The molecule has 0 aliphatic rings. The Balaban J connectivity index is 0.000000481. The van der Waals surface area contributed by atoms with Crippen LogP contribution in [0.2, 0.25) is 0 Å². The second kappa shape index (κ2) is 17.8. The van der Waals surface area contributed by atoms with E-state index in [4.69, 9.17) is 29.3 Å². The Kier molecular flexibility index (Phi) is 16.5. The highest BCUT2D eigenvalue weighted by molar-refractivity contribution is 5.86. The fraction of sp³-hybridized carbons (Fsp3) is 0.500. The Morgan fingerprint density at radius 3 is 1.77 bits per heavy atom. The maximum atomic E-state index is 10.9. The number of benzene rings is 1. The van der Waals surface area contributed by atoms with Gasteiger partial charge in [-0.25, -0.2) is 9.68 Å². The number of carbonyl (C=O) groups is 1. The van der Waals surface area contributed by atoms with E-state index in [0.717, 1.165) is 0 Å². The van der Waals surface area contributed by atoms with E-state index in [0.29, 0.717) is 51.0 Å². The van der Waals surface area contributed by atoms with Crippen molar-refractivity contribution in [3.05, 3.63) is 42.5 Å². The van der Waals surface area contributed by atoms with Gasteiger partial charge in [-0.15, -0.1) is 0 Å². The molecule has 148 valence electrons. The van der Waals surface area contributed by atoms with E-state index in [2.05, 4.69) is 11.5 Å². The molecule has 0 amide bonds. The number of carbonyl (C=O) groups excluding carboxylic acids is 1. The molecule has 0 aromatic heterocycles. The van der Waals surface area contributed by atoms with Gasteiger partial charge in [-0.05, 0) is 19.1 Å². The van der Waals surface area contributed by atoms with E-state index in [1.54, 1.807) is 31.2 Å². The first-order chi connectivity index (χ1) is 12.6. The summed E-state index contributed by atoms with van der Waals surface area (Å²) < 4.78 is 15.0. The Morgan fingerprint density at radius 1 is 0.885 bits per heavy atom. The minimum absolute atomic E-state index is 0.0413. The predicted molar refractivity (Wildman–Crippen MR) is 94.6 cm³/mol. The third-order valence-corrected chi connectivity index (χ3v) is 2.52. The van der Waals surface area contributed by atoms with Crippen LogP contribution in [-0.4, -0.2) is 69.0 Å². The first-order valence-electron chi connectivity index (χ1n) is 8.16. The molecule has 0 aliphatic heterocycles. The van der Waals surface area contributed by atoms with Gasteiger partial charge < -0.3 is 24.4 Å². The molecule has 26 heavy (non-hydrogen) atoms. The van der Waals surface area contributed by atoms with Crippen molar-refractivity contribution in [2.75, 3.05) is 52.9 Å². The van der Waals surface area contributed by atoms with Crippen molar-refractivity contribution in [2.24, 2.45) is 0 Å². The van der Waals surface area contributed by atoms with Crippen molar-refractivity contribution >= 4 is 5.97 Å². The zero-order chi connectivity index (χ0) is 19.5. The lowest BCUT2D eigenvalue weighted by atomic mass is 10.3. The Labute approximate surface area is 153 Å². The number of hydrogen-bond donors (Lipinski definition) is 2. The highest BCUT2D eigenvalue weighted by Gasteiger charge is 2.04. The van der Waals surface area contributed by atoms with E-state index < -0.39 is 5.97 Å². The average molecular weight is 372 g/mol. The van der Waals surface area contributed by atoms with Crippen LogP contribution in [0, 0.1) is 0 Å². The van der Waals surface area contributed by atoms with Crippen molar-refractivity contribution < 1.29 is 39.0 Å². The SMILES string of the molecule is C=C(C)C(=O)OOc1ccccc1.OCCOCCOCCOCCO. The van der Waals surface area contributed by atoms with Gasteiger partial charge >= 0.3 is 5.97 Å². The van der Waals surface area contributed by atoms with Gasteiger partial charge in [-0.2, -0.15) is 0 Å². The molecule has 1 aromatic rings. The molecule has 0 bridgehead atoms. The average Bonchev–Trinajstić information content (AvgIpc) is 2.66. The fourth-order valence-electron chi connectivity index (χ4n) is 1.30. The lowest BCUT2D eigenvalue weighted by Gasteiger charge is -2.04. The van der Waals surface area contributed by atoms with Crippen LogP contribution < -0.4 is 4.89 Å². The maximum Gasteiger partial charge on any atom is 0.381 e. The number of aliphatic hydroxyl groups is 2. The molecule has 0 heterocycles. The topological polar surface area (TPSA) is 104 Å². The Hall–Kier alpha value is -1.97. The number of para-hydroxylation sites is 1. The van der Waals surface area contributed by atoms with Gasteiger partial charge in [0, 0.05) is 5.57 Å². The zero-order valence-corrected chi connectivity index (χ0v) is 15.1. The molecule has 0 fully saturated rings. The van der Waals surface area contributed by atoms with Crippen LogP contribution in [0.5, 0.6) is 5.75 Å². The summed E-state index contributed by atoms with van der Waals surface area (Å²) >= 11 is 0. The number of hydrogen-bond acceptors (Lipinski definition) is 8. The summed E-state index contributed by atoms with van der Waals surface area (Å²) in [6.45, 7) is 7.73. The van der Waals surface area contributed by atoms with Crippen LogP contribution in [0.15, 0.2) is 42.5 Å². The number of aliphatic hydroxyl groups excluding tert-OH is 2. The van der Waals surface area contributed by atoms with Crippen molar-refractivity contribution in [2.45, 2.75) is 6.92 Å². The maximum absolute atomic E-state index is 10.9. The molecule has 1 rings (SSSR count). The highest BCUT2D eigenvalue weighted by atomic mass is 17.2. The second-order valence-electron chi connectivity index (χ2n) is 4.83. The Morgan fingerprint density at radius 2 is 1.35 bits per heavy atom. The van der Waals surface area contributed by atoms with Crippen LogP contribution in [0.1, 0.15) is 6.92 Å². The van der Waals surface area contributed by atoms with Crippen molar-refractivity contribution in [3.63, 3.8) is 0 Å². The van der Waals surface area contributed by atoms with Gasteiger partial charge in [0.2, 0.25) is 0 Å². The van der Waals surface area contributed by atoms with Crippen LogP contribution in [0.4, 0.5) is 0 Å². The minimum atomic E-state index is -0.566. The zero-order valence-electron chi connectivity index (χ0n) is 15.1.